The Hall–Kier alpha value is -2.75. The van der Waals surface area contributed by atoms with Crippen molar-refractivity contribution in [3.8, 4) is 11.5 Å². The number of rotatable bonds is 2. The average Bonchev–Trinajstić information content (AvgIpc) is 2.47. The van der Waals surface area contributed by atoms with Crippen molar-refractivity contribution in [2.75, 3.05) is 0 Å². The predicted molar refractivity (Wildman–Crippen MR) is 91.2 cm³/mol. The van der Waals surface area contributed by atoms with E-state index in [9.17, 15) is 15.0 Å². The van der Waals surface area contributed by atoms with Gasteiger partial charge in [-0.3, -0.25) is 4.79 Å². The van der Waals surface area contributed by atoms with Crippen LogP contribution in [0.5, 0.6) is 11.5 Å². The van der Waals surface area contributed by atoms with Gasteiger partial charge in [0.25, 0.3) is 0 Å². The second-order valence-electron chi connectivity index (χ2n) is 6.01. The Morgan fingerprint density at radius 3 is 2.61 bits per heavy atom. The molecule has 0 spiro atoms. The fourth-order valence-corrected chi connectivity index (χ4v) is 2.64. The standard InChI is InChI=1S/C19H18O4/c1-10(2)4-6-12-14(20)9-16-17(18(12)21)19(22)13-8-11(3)5-7-15(13)23-16/h4-5,7-9,20-21H,6H2,1-3H3. The average molecular weight is 310 g/mol. The third-order valence-corrected chi connectivity index (χ3v) is 3.89. The van der Waals surface area contributed by atoms with Crippen molar-refractivity contribution in [2.45, 2.75) is 27.2 Å². The van der Waals surface area contributed by atoms with Gasteiger partial charge in [-0.05, 0) is 39.3 Å². The molecular weight excluding hydrogens is 292 g/mol. The molecule has 118 valence electrons. The van der Waals surface area contributed by atoms with Crippen LogP contribution in [0.1, 0.15) is 25.0 Å². The number of fused-ring (bicyclic) bond motifs is 2. The van der Waals surface area contributed by atoms with Gasteiger partial charge < -0.3 is 14.6 Å². The van der Waals surface area contributed by atoms with E-state index in [2.05, 4.69) is 0 Å². The van der Waals surface area contributed by atoms with Crippen molar-refractivity contribution in [1.29, 1.82) is 0 Å². The molecular formula is C19H18O4. The number of phenolic OH excluding ortho intramolecular Hbond substituents is 2. The van der Waals surface area contributed by atoms with Crippen molar-refractivity contribution in [2.24, 2.45) is 0 Å². The van der Waals surface area contributed by atoms with Crippen molar-refractivity contribution in [3.05, 3.63) is 57.3 Å². The van der Waals surface area contributed by atoms with E-state index in [1.54, 1.807) is 12.1 Å². The van der Waals surface area contributed by atoms with Gasteiger partial charge in [0.15, 0.2) is 0 Å². The van der Waals surface area contributed by atoms with Crippen LogP contribution in [0, 0.1) is 6.92 Å². The number of hydrogen-bond donors (Lipinski definition) is 2. The summed E-state index contributed by atoms with van der Waals surface area (Å²) in [6.07, 6.45) is 2.23. The number of benzene rings is 2. The van der Waals surface area contributed by atoms with Gasteiger partial charge in [0, 0.05) is 11.6 Å². The van der Waals surface area contributed by atoms with Gasteiger partial charge in [-0.2, -0.15) is 0 Å². The first-order valence-corrected chi connectivity index (χ1v) is 7.43. The van der Waals surface area contributed by atoms with Crippen LogP contribution in [-0.4, -0.2) is 10.2 Å². The summed E-state index contributed by atoms with van der Waals surface area (Å²) in [6, 6.07) is 6.70. The van der Waals surface area contributed by atoms with Gasteiger partial charge in [0.05, 0.1) is 5.39 Å². The molecule has 0 aliphatic carbocycles. The summed E-state index contributed by atoms with van der Waals surface area (Å²) in [4.78, 5) is 12.7. The summed E-state index contributed by atoms with van der Waals surface area (Å²) < 4.78 is 5.69. The summed E-state index contributed by atoms with van der Waals surface area (Å²) in [5.74, 6) is -0.295. The Bertz CT molecular complexity index is 1010. The molecule has 1 heterocycles. The highest BCUT2D eigenvalue weighted by atomic mass is 16.3. The van der Waals surface area contributed by atoms with E-state index < -0.39 is 0 Å². The summed E-state index contributed by atoms with van der Waals surface area (Å²) in [5.41, 5.74) is 2.66. The van der Waals surface area contributed by atoms with Gasteiger partial charge in [-0.1, -0.05) is 23.3 Å². The smallest absolute Gasteiger partial charge is 0.204 e. The van der Waals surface area contributed by atoms with E-state index in [-0.39, 0.29) is 27.9 Å². The van der Waals surface area contributed by atoms with E-state index in [0.717, 1.165) is 11.1 Å². The Labute approximate surface area is 133 Å². The molecule has 0 bridgehead atoms. The Balaban J connectivity index is 2.39. The quantitative estimate of drug-likeness (QED) is 0.550. The van der Waals surface area contributed by atoms with Crippen molar-refractivity contribution in [3.63, 3.8) is 0 Å². The minimum absolute atomic E-state index is 0.0814. The minimum Gasteiger partial charge on any atom is -0.507 e. The topological polar surface area (TPSA) is 70.7 Å². The monoisotopic (exact) mass is 310 g/mol. The van der Waals surface area contributed by atoms with E-state index in [4.69, 9.17) is 4.42 Å². The van der Waals surface area contributed by atoms with Gasteiger partial charge in [-0.25, -0.2) is 0 Å². The molecule has 0 unspecified atom stereocenters. The minimum atomic E-state index is -0.291. The van der Waals surface area contributed by atoms with Crippen LogP contribution < -0.4 is 5.43 Å². The molecule has 0 saturated heterocycles. The summed E-state index contributed by atoms with van der Waals surface area (Å²) in [5, 5.41) is 21.2. The lowest BCUT2D eigenvalue weighted by atomic mass is 10.0. The summed E-state index contributed by atoms with van der Waals surface area (Å²) in [7, 11) is 0. The second kappa shape index (κ2) is 5.47. The molecule has 0 fully saturated rings. The zero-order valence-corrected chi connectivity index (χ0v) is 13.3. The van der Waals surface area contributed by atoms with Crippen molar-refractivity contribution in [1.82, 2.24) is 0 Å². The third-order valence-electron chi connectivity index (χ3n) is 3.89. The highest BCUT2D eigenvalue weighted by Gasteiger charge is 2.18. The van der Waals surface area contributed by atoms with E-state index in [0.29, 0.717) is 23.0 Å². The fourth-order valence-electron chi connectivity index (χ4n) is 2.64. The van der Waals surface area contributed by atoms with Gasteiger partial charge >= 0.3 is 0 Å². The summed E-state index contributed by atoms with van der Waals surface area (Å²) in [6.45, 7) is 5.75. The number of hydrogen-bond acceptors (Lipinski definition) is 4. The molecule has 3 rings (SSSR count). The zero-order chi connectivity index (χ0) is 16.7. The number of phenols is 2. The maximum atomic E-state index is 12.7. The second-order valence-corrected chi connectivity index (χ2v) is 6.01. The maximum Gasteiger partial charge on any atom is 0.204 e. The van der Waals surface area contributed by atoms with Crippen LogP contribution in [0.3, 0.4) is 0 Å². The number of aryl methyl sites for hydroxylation is 1. The maximum absolute atomic E-state index is 12.7. The fraction of sp³-hybridized carbons (Fsp3) is 0.211. The molecule has 0 amide bonds. The van der Waals surface area contributed by atoms with Crippen LogP contribution in [0.15, 0.2) is 45.1 Å². The molecule has 4 nitrogen and oxygen atoms in total. The van der Waals surface area contributed by atoms with Crippen LogP contribution in [0.4, 0.5) is 0 Å². The first kappa shape index (κ1) is 15.2. The Morgan fingerprint density at radius 2 is 1.91 bits per heavy atom. The largest absolute Gasteiger partial charge is 0.507 e. The van der Waals surface area contributed by atoms with Crippen molar-refractivity contribution >= 4 is 21.9 Å². The Morgan fingerprint density at radius 1 is 1.17 bits per heavy atom. The molecule has 4 heteroatoms. The number of allylic oxidation sites excluding steroid dienone is 2. The predicted octanol–water partition coefficient (Wildman–Crippen LogP) is 4.17. The Kier molecular flexibility index (Phi) is 3.60. The lowest BCUT2D eigenvalue weighted by Crippen LogP contribution is -2.04. The number of aromatic hydroxyl groups is 2. The van der Waals surface area contributed by atoms with E-state index in [1.807, 2.05) is 32.9 Å². The van der Waals surface area contributed by atoms with Gasteiger partial charge in [0.2, 0.25) is 5.43 Å². The zero-order valence-electron chi connectivity index (χ0n) is 13.3. The van der Waals surface area contributed by atoms with Crippen LogP contribution >= 0.6 is 0 Å². The summed E-state index contributed by atoms with van der Waals surface area (Å²) >= 11 is 0. The van der Waals surface area contributed by atoms with E-state index >= 15 is 0 Å². The molecule has 23 heavy (non-hydrogen) atoms. The van der Waals surface area contributed by atoms with E-state index in [1.165, 1.54) is 6.07 Å². The third kappa shape index (κ3) is 2.57. The molecule has 0 atom stereocenters. The highest BCUT2D eigenvalue weighted by Crippen LogP contribution is 2.36. The molecule has 2 N–H and O–H groups in total. The van der Waals surface area contributed by atoms with Gasteiger partial charge in [0.1, 0.15) is 28.1 Å². The molecule has 0 radical (unpaired) electrons. The SMILES string of the molecule is CC(C)=CCc1c(O)cc2oc3ccc(C)cc3c(=O)c2c1O. The molecule has 0 aliphatic rings. The molecule has 0 aliphatic heterocycles. The molecule has 1 aromatic heterocycles. The molecule has 0 saturated carbocycles. The lowest BCUT2D eigenvalue weighted by Gasteiger charge is -2.09. The van der Waals surface area contributed by atoms with Crippen LogP contribution in [0.25, 0.3) is 21.9 Å². The molecule has 2 aromatic carbocycles. The molecule has 3 aromatic rings. The van der Waals surface area contributed by atoms with Crippen molar-refractivity contribution < 1.29 is 14.6 Å². The first-order valence-electron chi connectivity index (χ1n) is 7.43. The lowest BCUT2D eigenvalue weighted by molar-refractivity contribution is 0.443. The van der Waals surface area contributed by atoms with Crippen LogP contribution in [0.2, 0.25) is 0 Å². The van der Waals surface area contributed by atoms with Crippen LogP contribution in [-0.2, 0) is 6.42 Å². The highest BCUT2D eigenvalue weighted by molar-refractivity contribution is 5.95. The normalized spacial score (nSPS) is 11.1. The van der Waals surface area contributed by atoms with Gasteiger partial charge in [-0.15, -0.1) is 0 Å². The first-order chi connectivity index (χ1) is 10.9.